The molecule has 59 heavy (non-hydrogen) atoms. The molecular formula is C44H47ClF3N7O2S2. The SMILES string of the molecule is CC1(C)CCC(CN2CCN(c3ccc(C(=O)NSc4ccc(NCC5CNC5)c(SC(F)(F)F)c4)c(Oc4cnc5[nH]ccc5c4)c3)CC2)=C(c2ccc(Cl)cc2)C1. The van der Waals surface area contributed by atoms with Crippen LogP contribution >= 0.6 is 35.3 Å². The molecule has 2 saturated heterocycles. The molecule has 8 rings (SSSR count). The summed E-state index contributed by atoms with van der Waals surface area (Å²) in [5.41, 5.74) is 2.31. The topological polar surface area (TPSA) is 97.6 Å². The van der Waals surface area contributed by atoms with Crippen LogP contribution in [0.1, 0.15) is 49.0 Å². The van der Waals surface area contributed by atoms with Crippen LogP contribution in [0.5, 0.6) is 11.5 Å². The van der Waals surface area contributed by atoms with Crippen molar-refractivity contribution in [2.24, 2.45) is 11.3 Å². The Bertz CT molecular complexity index is 2320. The van der Waals surface area contributed by atoms with Gasteiger partial charge in [-0.15, -0.1) is 0 Å². The van der Waals surface area contributed by atoms with Gasteiger partial charge in [-0.3, -0.25) is 14.4 Å². The van der Waals surface area contributed by atoms with Crippen LogP contribution in [0.3, 0.4) is 0 Å². The number of carbonyl (C=O) groups is 1. The summed E-state index contributed by atoms with van der Waals surface area (Å²) in [7, 11) is 0. The molecule has 0 spiro atoms. The zero-order valence-corrected chi connectivity index (χ0v) is 35.3. The minimum absolute atomic E-state index is 0.0477. The first-order valence-electron chi connectivity index (χ1n) is 19.8. The van der Waals surface area contributed by atoms with Crippen molar-refractivity contribution >= 4 is 69.2 Å². The van der Waals surface area contributed by atoms with Crippen molar-refractivity contribution in [3.05, 3.63) is 107 Å². The number of amides is 1. The number of hydrogen-bond acceptors (Lipinski definition) is 9. The normalized spacial score (nSPS) is 17.6. The number of nitrogens with one attached hydrogen (secondary N) is 4. The van der Waals surface area contributed by atoms with E-state index in [9.17, 15) is 18.0 Å². The van der Waals surface area contributed by atoms with Crippen LogP contribution in [-0.4, -0.2) is 78.6 Å². The summed E-state index contributed by atoms with van der Waals surface area (Å²) in [5, 5.41) is 7.95. The molecule has 0 unspecified atom stereocenters. The molecule has 0 atom stereocenters. The van der Waals surface area contributed by atoms with E-state index < -0.39 is 11.4 Å². The van der Waals surface area contributed by atoms with Gasteiger partial charge in [-0.05, 0) is 114 Å². The van der Waals surface area contributed by atoms with Gasteiger partial charge in [-0.25, -0.2) is 4.98 Å². The molecule has 15 heteroatoms. The van der Waals surface area contributed by atoms with E-state index in [1.54, 1.807) is 30.6 Å². The number of anilines is 2. The van der Waals surface area contributed by atoms with Crippen molar-refractivity contribution in [2.45, 2.75) is 48.4 Å². The van der Waals surface area contributed by atoms with E-state index >= 15 is 0 Å². The van der Waals surface area contributed by atoms with Crippen molar-refractivity contribution in [3.63, 3.8) is 0 Å². The van der Waals surface area contributed by atoms with Crippen LogP contribution in [0.15, 0.2) is 101 Å². The van der Waals surface area contributed by atoms with E-state index in [-0.39, 0.29) is 27.6 Å². The number of piperazine rings is 1. The summed E-state index contributed by atoms with van der Waals surface area (Å²) in [6, 6.07) is 22.3. The number of aromatic nitrogens is 2. The van der Waals surface area contributed by atoms with Crippen molar-refractivity contribution < 1.29 is 22.7 Å². The second-order valence-electron chi connectivity index (χ2n) is 16.2. The summed E-state index contributed by atoms with van der Waals surface area (Å²) in [4.78, 5) is 26.7. The summed E-state index contributed by atoms with van der Waals surface area (Å²) in [5.74, 6) is 0.741. The second kappa shape index (κ2) is 17.7. The van der Waals surface area contributed by atoms with E-state index in [4.69, 9.17) is 16.3 Å². The van der Waals surface area contributed by atoms with Crippen LogP contribution < -0.4 is 25.0 Å². The summed E-state index contributed by atoms with van der Waals surface area (Å²) < 4.78 is 49.9. The number of alkyl halides is 3. The number of ether oxygens (including phenoxy) is 1. The fourth-order valence-corrected chi connectivity index (χ4v) is 9.33. The highest BCUT2D eigenvalue weighted by Gasteiger charge is 2.32. The maximum Gasteiger partial charge on any atom is 0.446 e. The molecular weight excluding hydrogens is 815 g/mol. The Morgan fingerprint density at radius 1 is 1.02 bits per heavy atom. The molecule has 310 valence electrons. The molecule has 9 nitrogen and oxygen atoms in total. The number of halogens is 4. The average Bonchev–Trinajstić information content (AvgIpc) is 3.66. The van der Waals surface area contributed by atoms with Gasteiger partial charge in [0.05, 0.1) is 11.8 Å². The molecule has 3 aliphatic rings. The molecule has 2 fully saturated rings. The second-order valence-corrected chi connectivity index (χ2v) is 18.6. The van der Waals surface area contributed by atoms with Gasteiger partial charge in [0, 0.05) is 102 Å². The van der Waals surface area contributed by atoms with Crippen LogP contribution in [0.4, 0.5) is 24.5 Å². The molecule has 4 heterocycles. The number of H-pyrrole nitrogens is 1. The Morgan fingerprint density at radius 3 is 2.56 bits per heavy atom. The Balaban J connectivity index is 0.979. The maximum atomic E-state index is 13.8. The molecule has 2 aromatic heterocycles. The number of nitrogens with zero attached hydrogens (tertiary/aromatic N) is 3. The van der Waals surface area contributed by atoms with Crippen molar-refractivity contribution in [1.29, 1.82) is 0 Å². The van der Waals surface area contributed by atoms with Gasteiger partial charge >= 0.3 is 5.51 Å². The lowest BCUT2D eigenvalue weighted by molar-refractivity contribution is -0.0328. The third kappa shape index (κ3) is 10.5. The van der Waals surface area contributed by atoms with E-state index in [1.807, 2.05) is 36.4 Å². The molecule has 5 aromatic rings. The average molecular weight is 862 g/mol. The molecule has 0 saturated carbocycles. The highest BCUT2D eigenvalue weighted by molar-refractivity contribution is 8.00. The van der Waals surface area contributed by atoms with Crippen LogP contribution in [0.2, 0.25) is 5.02 Å². The van der Waals surface area contributed by atoms with Crippen molar-refractivity contribution in [1.82, 2.24) is 24.9 Å². The zero-order chi connectivity index (χ0) is 41.1. The Kier molecular flexibility index (Phi) is 12.4. The summed E-state index contributed by atoms with van der Waals surface area (Å²) >= 11 is 7.03. The number of thioether (sulfide) groups is 1. The Morgan fingerprint density at radius 2 is 1.81 bits per heavy atom. The molecule has 0 bridgehead atoms. The van der Waals surface area contributed by atoms with E-state index in [0.29, 0.717) is 34.5 Å². The Hall–Kier alpha value is -4.34. The minimum atomic E-state index is -4.47. The highest BCUT2D eigenvalue weighted by atomic mass is 35.5. The first kappa shape index (κ1) is 41.4. The van der Waals surface area contributed by atoms with E-state index in [0.717, 1.165) is 98.8 Å². The lowest BCUT2D eigenvalue weighted by atomic mass is 9.72. The molecule has 1 amide bonds. The van der Waals surface area contributed by atoms with E-state index in [2.05, 4.69) is 61.1 Å². The number of rotatable bonds is 13. The number of aromatic amines is 1. The van der Waals surface area contributed by atoms with Crippen LogP contribution in [0, 0.1) is 11.3 Å². The van der Waals surface area contributed by atoms with Gasteiger partial charge in [-0.2, -0.15) is 13.2 Å². The van der Waals surface area contributed by atoms with Crippen molar-refractivity contribution in [2.75, 3.05) is 62.6 Å². The maximum absolute atomic E-state index is 13.8. The number of fused-ring (bicyclic) bond motifs is 1. The first-order valence-corrected chi connectivity index (χ1v) is 21.9. The van der Waals surface area contributed by atoms with Gasteiger partial charge in [0.1, 0.15) is 17.1 Å². The highest BCUT2D eigenvalue weighted by Crippen LogP contribution is 2.44. The third-order valence-corrected chi connectivity index (χ3v) is 13.0. The lowest BCUT2D eigenvalue weighted by Gasteiger charge is -2.39. The summed E-state index contributed by atoms with van der Waals surface area (Å²) in [6.07, 6.45) is 6.68. The summed E-state index contributed by atoms with van der Waals surface area (Å²) in [6.45, 7) is 11.2. The van der Waals surface area contributed by atoms with Crippen molar-refractivity contribution in [3.8, 4) is 11.5 Å². The lowest BCUT2D eigenvalue weighted by Crippen LogP contribution is -2.47. The standard InChI is InChI=1S/C44H47ClF3N7O2S2/c1-43(2)13-11-31(37(22-43)29-3-5-32(45)6-4-29)27-54-15-17-55(18-16-54)33-7-9-36(39(20-33)57-34-19-30-12-14-50-41(30)52-26-34)42(56)53-59-35-8-10-38(51-25-28-23-49-24-28)40(21-35)58-44(46,47)48/h3-10,12,14,19-21,26,28,49,51H,11,13,15-18,22-25,27H2,1-2H3,(H,50,52)(H,53,56). The smallest absolute Gasteiger partial charge is 0.446 e. The van der Waals surface area contributed by atoms with Gasteiger partial charge < -0.3 is 25.3 Å². The Labute approximate surface area is 356 Å². The fourth-order valence-electron chi connectivity index (χ4n) is 7.81. The number of pyridine rings is 1. The van der Waals surface area contributed by atoms with Crippen LogP contribution in [-0.2, 0) is 0 Å². The minimum Gasteiger partial charge on any atom is -0.455 e. The molecule has 0 radical (unpaired) electrons. The third-order valence-electron chi connectivity index (χ3n) is 11.2. The molecule has 1 aliphatic carbocycles. The van der Waals surface area contributed by atoms with E-state index in [1.165, 1.54) is 22.8 Å². The fraction of sp³-hybridized carbons (Fsp3) is 0.364. The number of benzene rings is 3. The molecule has 2 aliphatic heterocycles. The predicted octanol–water partition coefficient (Wildman–Crippen LogP) is 10.5. The van der Waals surface area contributed by atoms with Gasteiger partial charge in [0.15, 0.2) is 0 Å². The monoisotopic (exact) mass is 861 g/mol. The number of allylic oxidation sites excluding steroid dienone is 1. The number of carbonyl (C=O) groups excluding carboxylic acids is 1. The van der Waals surface area contributed by atoms with Gasteiger partial charge in [0.25, 0.3) is 5.91 Å². The molecule has 4 N–H and O–H groups in total. The van der Waals surface area contributed by atoms with Crippen LogP contribution in [0.25, 0.3) is 16.6 Å². The quantitative estimate of drug-likeness (QED) is 0.0682. The largest absolute Gasteiger partial charge is 0.455 e. The first-order chi connectivity index (χ1) is 28.3. The zero-order valence-electron chi connectivity index (χ0n) is 32.9. The molecule has 3 aromatic carbocycles. The predicted molar refractivity (Wildman–Crippen MR) is 234 cm³/mol. The van der Waals surface area contributed by atoms with Gasteiger partial charge in [-0.1, -0.05) is 43.2 Å². The van der Waals surface area contributed by atoms with Gasteiger partial charge in [0.2, 0.25) is 0 Å². The number of hydrogen-bond donors (Lipinski definition) is 4.